The van der Waals surface area contributed by atoms with Crippen molar-refractivity contribution >= 4 is 0 Å². The SMILES string of the molecule is CC(C)(CNC(C)(C)C)COc1cc(F)cc(F)c1. The van der Waals surface area contributed by atoms with Crippen LogP contribution in [0.4, 0.5) is 8.78 Å². The first-order chi connectivity index (χ1) is 8.57. The van der Waals surface area contributed by atoms with E-state index in [1.165, 1.54) is 12.1 Å². The molecule has 0 aliphatic rings. The van der Waals surface area contributed by atoms with Gasteiger partial charge in [-0.15, -0.1) is 0 Å². The highest BCUT2D eigenvalue weighted by Crippen LogP contribution is 2.20. The average Bonchev–Trinajstić information content (AvgIpc) is 2.22. The molecule has 1 rings (SSSR count). The van der Waals surface area contributed by atoms with E-state index in [0.29, 0.717) is 6.61 Å². The Bertz CT molecular complexity index is 404. The number of rotatable bonds is 5. The van der Waals surface area contributed by atoms with E-state index in [1.54, 1.807) is 0 Å². The van der Waals surface area contributed by atoms with Gasteiger partial charge in [0.15, 0.2) is 0 Å². The molecule has 1 aromatic carbocycles. The lowest BCUT2D eigenvalue weighted by Gasteiger charge is -2.30. The molecule has 0 atom stereocenters. The van der Waals surface area contributed by atoms with Crippen LogP contribution in [0.5, 0.6) is 5.75 Å². The Balaban J connectivity index is 2.54. The minimum atomic E-state index is -0.624. The molecular weight excluding hydrogens is 248 g/mol. The molecule has 0 spiro atoms. The molecule has 0 saturated heterocycles. The molecule has 0 aliphatic carbocycles. The Morgan fingerprint density at radius 2 is 1.53 bits per heavy atom. The maximum Gasteiger partial charge on any atom is 0.129 e. The molecule has 0 fully saturated rings. The zero-order valence-electron chi connectivity index (χ0n) is 12.3. The smallest absolute Gasteiger partial charge is 0.129 e. The summed E-state index contributed by atoms with van der Waals surface area (Å²) in [4.78, 5) is 0. The zero-order chi connectivity index (χ0) is 14.7. The number of hydrogen-bond acceptors (Lipinski definition) is 2. The first kappa shape index (κ1) is 15.9. The van der Waals surface area contributed by atoms with Gasteiger partial charge in [0.05, 0.1) is 6.61 Å². The quantitative estimate of drug-likeness (QED) is 0.880. The van der Waals surface area contributed by atoms with Crippen molar-refractivity contribution in [1.82, 2.24) is 5.32 Å². The molecule has 1 N–H and O–H groups in total. The molecule has 0 amide bonds. The highest BCUT2D eigenvalue weighted by molar-refractivity contribution is 5.23. The topological polar surface area (TPSA) is 21.3 Å². The molecule has 2 nitrogen and oxygen atoms in total. The van der Waals surface area contributed by atoms with Crippen molar-refractivity contribution in [2.24, 2.45) is 5.41 Å². The van der Waals surface area contributed by atoms with Crippen LogP contribution in [0.15, 0.2) is 18.2 Å². The van der Waals surface area contributed by atoms with Gasteiger partial charge in [-0.2, -0.15) is 0 Å². The van der Waals surface area contributed by atoms with E-state index in [9.17, 15) is 8.78 Å². The van der Waals surface area contributed by atoms with E-state index in [4.69, 9.17) is 4.74 Å². The second kappa shape index (κ2) is 5.87. The number of halogens is 2. The lowest BCUT2D eigenvalue weighted by molar-refractivity contribution is 0.165. The van der Waals surface area contributed by atoms with E-state index >= 15 is 0 Å². The lowest BCUT2D eigenvalue weighted by atomic mass is 9.93. The maximum atomic E-state index is 13.0. The minimum Gasteiger partial charge on any atom is -0.493 e. The van der Waals surface area contributed by atoms with Crippen molar-refractivity contribution in [3.05, 3.63) is 29.8 Å². The molecule has 0 saturated carbocycles. The van der Waals surface area contributed by atoms with E-state index in [1.807, 2.05) is 13.8 Å². The summed E-state index contributed by atoms with van der Waals surface area (Å²) in [5.41, 5.74) is -0.0989. The van der Waals surface area contributed by atoms with Gasteiger partial charge in [0.25, 0.3) is 0 Å². The highest BCUT2D eigenvalue weighted by Gasteiger charge is 2.22. The fourth-order valence-electron chi connectivity index (χ4n) is 1.45. The van der Waals surface area contributed by atoms with E-state index in [2.05, 4.69) is 26.1 Å². The third-order valence-electron chi connectivity index (χ3n) is 2.56. The summed E-state index contributed by atoms with van der Waals surface area (Å²) in [5.74, 6) is -1.03. The van der Waals surface area contributed by atoms with Crippen molar-refractivity contribution < 1.29 is 13.5 Å². The largest absolute Gasteiger partial charge is 0.493 e. The summed E-state index contributed by atoms with van der Waals surface area (Å²) in [5, 5.41) is 3.39. The van der Waals surface area contributed by atoms with E-state index < -0.39 is 11.6 Å². The van der Waals surface area contributed by atoms with Crippen LogP contribution in [-0.2, 0) is 0 Å². The monoisotopic (exact) mass is 271 g/mol. The van der Waals surface area contributed by atoms with Crippen LogP contribution in [0.25, 0.3) is 0 Å². The Morgan fingerprint density at radius 3 is 2.00 bits per heavy atom. The van der Waals surface area contributed by atoms with Crippen LogP contribution in [0.2, 0.25) is 0 Å². The first-order valence-electron chi connectivity index (χ1n) is 6.41. The van der Waals surface area contributed by atoms with Crippen molar-refractivity contribution in [2.45, 2.75) is 40.2 Å². The summed E-state index contributed by atoms with van der Waals surface area (Å²) >= 11 is 0. The van der Waals surface area contributed by atoms with E-state index in [0.717, 1.165) is 12.6 Å². The van der Waals surface area contributed by atoms with Crippen molar-refractivity contribution in [1.29, 1.82) is 0 Å². The molecule has 1 aromatic rings. The number of nitrogens with one attached hydrogen (secondary N) is 1. The molecule has 4 heteroatoms. The second-order valence-electron chi connectivity index (χ2n) is 6.66. The molecular formula is C15H23F2NO. The molecule has 0 bridgehead atoms. The Kier molecular flexibility index (Phi) is 4.91. The maximum absolute atomic E-state index is 13.0. The van der Waals surface area contributed by atoms with Gasteiger partial charge in [0.2, 0.25) is 0 Å². The normalized spacial score (nSPS) is 12.6. The summed E-state index contributed by atoms with van der Waals surface area (Å²) in [6, 6.07) is 3.21. The van der Waals surface area contributed by atoms with E-state index in [-0.39, 0.29) is 16.7 Å². The number of ether oxygens (including phenoxy) is 1. The van der Waals surface area contributed by atoms with Gasteiger partial charge in [-0.1, -0.05) is 13.8 Å². The number of hydrogen-bond donors (Lipinski definition) is 1. The minimum absolute atomic E-state index is 0.0300. The van der Waals surface area contributed by atoms with Crippen LogP contribution in [-0.4, -0.2) is 18.7 Å². The van der Waals surface area contributed by atoms with Gasteiger partial charge in [0.1, 0.15) is 17.4 Å². The van der Waals surface area contributed by atoms with Crippen molar-refractivity contribution in [2.75, 3.05) is 13.2 Å². The molecule has 108 valence electrons. The Morgan fingerprint density at radius 1 is 1.00 bits per heavy atom. The van der Waals surface area contributed by atoms with Crippen LogP contribution in [0.1, 0.15) is 34.6 Å². The molecule has 0 unspecified atom stereocenters. The summed E-state index contributed by atoms with van der Waals surface area (Å²) < 4.78 is 31.5. The van der Waals surface area contributed by atoms with Gasteiger partial charge in [-0.25, -0.2) is 8.78 Å². The fourth-order valence-corrected chi connectivity index (χ4v) is 1.45. The number of benzene rings is 1. The van der Waals surface area contributed by atoms with Gasteiger partial charge in [0, 0.05) is 35.7 Å². The predicted octanol–water partition coefficient (Wildman–Crippen LogP) is 3.76. The van der Waals surface area contributed by atoms with Gasteiger partial charge in [-0.3, -0.25) is 0 Å². The first-order valence-corrected chi connectivity index (χ1v) is 6.41. The highest BCUT2D eigenvalue weighted by atomic mass is 19.1. The third kappa shape index (κ3) is 6.53. The molecule has 0 aliphatic heterocycles. The van der Waals surface area contributed by atoms with Crippen molar-refractivity contribution in [3.63, 3.8) is 0 Å². The second-order valence-corrected chi connectivity index (χ2v) is 6.66. The van der Waals surface area contributed by atoms with Crippen LogP contribution in [0, 0.1) is 17.0 Å². The van der Waals surface area contributed by atoms with Gasteiger partial charge in [-0.05, 0) is 20.8 Å². The predicted molar refractivity (Wildman–Crippen MR) is 73.4 cm³/mol. The van der Waals surface area contributed by atoms with Crippen molar-refractivity contribution in [3.8, 4) is 5.75 Å². The van der Waals surface area contributed by atoms with Crippen LogP contribution >= 0.6 is 0 Å². The molecule has 0 heterocycles. The lowest BCUT2D eigenvalue weighted by Crippen LogP contribution is -2.43. The molecule has 19 heavy (non-hydrogen) atoms. The molecule has 0 aromatic heterocycles. The van der Waals surface area contributed by atoms with Crippen LogP contribution in [0.3, 0.4) is 0 Å². The Hall–Kier alpha value is -1.16. The zero-order valence-corrected chi connectivity index (χ0v) is 12.3. The third-order valence-corrected chi connectivity index (χ3v) is 2.56. The standard InChI is InChI=1S/C15H23F2NO/c1-14(2,3)18-9-15(4,5)10-19-13-7-11(16)6-12(17)8-13/h6-8,18H,9-10H2,1-5H3. The van der Waals surface area contributed by atoms with Gasteiger partial charge >= 0.3 is 0 Å². The van der Waals surface area contributed by atoms with Crippen LogP contribution < -0.4 is 10.1 Å². The fraction of sp³-hybridized carbons (Fsp3) is 0.600. The summed E-state index contributed by atoms with van der Waals surface area (Å²) in [7, 11) is 0. The Labute approximate surface area is 114 Å². The molecule has 0 radical (unpaired) electrons. The van der Waals surface area contributed by atoms with Gasteiger partial charge < -0.3 is 10.1 Å². The summed E-state index contributed by atoms with van der Waals surface area (Å²) in [6.45, 7) is 11.5. The summed E-state index contributed by atoms with van der Waals surface area (Å²) in [6.07, 6.45) is 0. The average molecular weight is 271 g/mol.